The number of amides is 1. The molecule has 0 saturated heterocycles. The highest BCUT2D eigenvalue weighted by molar-refractivity contribution is 7.16. The molecule has 0 aliphatic carbocycles. The fourth-order valence-corrected chi connectivity index (χ4v) is 3.90. The molecule has 1 aliphatic heterocycles. The minimum Gasteiger partial charge on any atom is -0.462 e. The van der Waals surface area contributed by atoms with Gasteiger partial charge in [0.2, 0.25) is 6.79 Å². The number of nitrogens with zero attached hydrogens (tertiary/aromatic N) is 2. The van der Waals surface area contributed by atoms with Crippen LogP contribution in [0.15, 0.2) is 17.7 Å². The molecule has 0 atom stereocenters. The summed E-state index contributed by atoms with van der Waals surface area (Å²) in [5.41, 5.74) is 0.141. The van der Waals surface area contributed by atoms with E-state index in [1.807, 2.05) is 0 Å². The summed E-state index contributed by atoms with van der Waals surface area (Å²) in [6.07, 6.45) is 1.09. The Morgan fingerprint density at radius 3 is 2.65 bits per heavy atom. The minimum atomic E-state index is -0.818. The van der Waals surface area contributed by atoms with Crippen LogP contribution in [0, 0.1) is 35.3 Å². The van der Waals surface area contributed by atoms with Crippen molar-refractivity contribution in [2.24, 2.45) is 0 Å². The highest BCUT2D eigenvalue weighted by Gasteiger charge is 2.25. The third kappa shape index (κ3) is 4.34. The van der Waals surface area contributed by atoms with Crippen LogP contribution in [0.4, 0.5) is 10.7 Å². The SMILES string of the molecule is CCOC(=O)c1c(NC(=O)/C(C#N)=C/c2cc3c(cc2[N+](=O)[O-])OCO3)sc(C)c1C. The molecule has 2 heterocycles. The van der Waals surface area contributed by atoms with Gasteiger partial charge in [-0.25, -0.2) is 4.79 Å². The molecule has 0 fully saturated rings. The molecular formula is C20H17N3O7S. The Hall–Kier alpha value is -3.91. The van der Waals surface area contributed by atoms with Gasteiger partial charge in [-0.15, -0.1) is 11.3 Å². The summed E-state index contributed by atoms with van der Waals surface area (Å²) in [4.78, 5) is 36.6. The van der Waals surface area contributed by atoms with Crippen molar-refractivity contribution in [3.63, 3.8) is 0 Å². The third-order valence-corrected chi connectivity index (χ3v) is 5.60. The second kappa shape index (κ2) is 8.85. The number of ether oxygens (including phenoxy) is 3. The summed E-state index contributed by atoms with van der Waals surface area (Å²) in [7, 11) is 0. The number of nitro benzene ring substituents is 1. The van der Waals surface area contributed by atoms with E-state index >= 15 is 0 Å². The van der Waals surface area contributed by atoms with E-state index in [2.05, 4.69) is 5.32 Å². The fraction of sp³-hybridized carbons (Fsp3) is 0.250. The number of rotatable bonds is 6. The largest absolute Gasteiger partial charge is 0.462 e. The second-order valence-corrected chi connectivity index (χ2v) is 7.58. The molecule has 0 spiro atoms. The van der Waals surface area contributed by atoms with E-state index in [1.54, 1.807) is 26.8 Å². The van der Waals surface area contributed by atoms with Gasteiger partial charge in [0.15, 0.2) is 11.5 Å². The molecule has 1 N–H and O–H groups in total. The Labute approximate surface area is 180 Å². The van der Waals surface area contributed by atoms with Crippen LogP contribution < -0.4 is 14.8 Å². The molecule has 0 unspecified atom stereocenters. The molecule has 0 bridgehead atoms. The number of nitriles is 1. The lowest BCUT2D eigenvalue weighted by Crippen LogP contribution is -2.16. The fourth-order valence-electron chi connectivity index (χ4n) is 2.86. The maximum Gasteiger partial charge on any atom is 0.341 e. The molecule has 160 valence electrons. The number of nitrogens with one attached hydrogen (secondary N) is 1. The van der Waals surface area contributed by atoms with Gasteiger partial charge in [0, 0.05) is 4.88 Å². The van der Waals surface area contributed by atoms with Crippen molar-refractivity contribution in [3.05, 3.63) is 49.4 Å². The molecule has 31 heavy (non-hydrogen) atoms. The molecule has 0 saturated carbocycles. The zero-order valence-electron chi connectivity index (χ0n) is 16.8. The summed E-state index contributed by atoms with van der Waals surface area (Å²) < 4.78 is 15.4. The lowest BCUT2D eigenvalue weighted by molar-refractivity contribution is -0.385. The van der Waals surface area contributed by atoms with E-state index in [0.717, 1.165) is 11.0 Å². The van der Waals surface area contributed by atoms with Crippen molar-refractivity contribution in [1.29, 1.82) is 5.26 Å². The van der Waals surface area contributed by atoms with E-state index in [-0.39, 0.29) is 52.3 Å². The van der Waals surface area contributed by atoms with E-state index in [0.29, 0.717) is 5.56 Å². The number of aryl methyl sites for hydroxylation is 1. The summed E-state index contributed by atoms with van der Waals surface area (Å²) >= 11 is 1.17. The van der Waals surface area contributed by atoms with Crippen molar-refractivity contribution in [1.82, 2.24) is 0 Å². The predicted octanol–water partition coefficient (Wildman–Crippen LogP) is 3.72. The van der Waals surface area contributed by atoms with Crippen molar-refractivity contribution >= 4 is 40.0 Å². The number of hydrogen-bond acceptors (Lipinski definition) is 9. The second-order valence-electron chi connectivity index (χ2n) is 6.35. The van der Waals surface area contributed by atoms with E-state index in [9.17, 15) is 25.0 Å². The quantitative estimate of drug-likeness (QED) is 0.234. The molecule has 0 radical (unpaired) electrons. The number of thiophene rings is 1. The average Bonchev–Trinajstić information content (AvgIpc) is 3.28. The van der Waals surface area contributed by atoms with Crippen LogP contribution in [0.5, 0.6) is 11.5 Å². The number of carbonyl (C=O) groups excluding carboxylic acids is 2. The molecule has 10 nitrogen and oxygen atoms in total. The zero-order valence-corrected chi connectivity index (χ0v) is 17.6. The number of hydrogen-bond donors (Lipinski definition) is 1. The number of fused-ring (bicyclic) bond motifs is 1. The van der Waals surface area contributed by atoms with Gasteiger partial charge in [-0.2, -0.15) is 5.26 Å². The molecule has 2 aromatic rings. The molecule has 1 aromatic carbocycles. The Balaban J connectivity index is 1.97. The van der Waals surface area contributed by atoms with E-state index < -0.39 is 16.8 Å². The first-order chi connectivity index (χ1) is 14.8. The van der Waals surface area contributed by atoms with Crippen molar-refractivity contribution < 1.29 is 28.7 Å². The lowest BCUT2D eigenvalue weighted by Gasteiger charge is -2.07. The smallest absolute Gasteiger partial charge is 0.341 e. The van der Waals surface area contributed by atoms with Crippen molar-refractivity contribution in [2.45, 2.75) is 20.8 Å². The van der Waals surface area contributed by atoms with Crippen LogP contribution >= 0.6 is 11.3 Å². The zero-order chi connectivity index (χ0) is 22.7. The number of anilines is 1. The van der Waals surface area contributed by atoms with Gasteiger partial charge in [-0.05, 0) is 38.5 Å². The first kappa shape index (κ1) is 21.8. The topological polar surface area (TPSA) is 141 Å². The maximum atomic E-state index is 12.7. The first-order valence-corrected chi connectivity index (χ1v) is 9.86. The highest BCUT2D eigenvalue weighted by Crippen LogP contribution is 2.39. The summed E-state index contributed by atoms with van der Waals surface area (Å²) in [6.45, 7) is 5.26. The summed E-state index contributed by atoms with van der Waals surface area (Å²) in [5, 5.41) is 23.7. The number of benzene rings is 1. The summed E-state index contributed by atoms with van der Waals surface area (Å²) in [5.74, 6) is -0.936. The van der Waals surface area contributed by atoms with Gasteiger partial charge in [0.05, 0.1) is 28.7 Å². The monoisotopic (exact) mass is 443 g/mol. The standard InChI is InChI=1S/C20H17N3O7S/c1-4-28-20(25)17-10(2)11(3)31-19(17)22-18(24)13(8-21)5-12-6-15-16(30-9-29-15)7-14(12)23(26)27/h5-7H,4,9H2,1-3H3,(H,22,24)/b13-5+. The van der Waals surface area contributed by atoms with Crippen LogP contribution in [0.3, 0.4) is 0 Å². The summed E-state index contributed by atoms with van der Waals surface area (Å²) in [6, 6.07) is 4.24. The highest BCUT2D eigenvalue weighted by atomic mass is 32.1. The molecular weight excluding hydrogens is 426 g/mol. The van der Waals surface area contributed by atoms with E-state index in [4.69, 9.17) is 14.2 Å². The van der Waals surface area contributed by atoms with Gasteiger partial charge < -0.3 is 19.5 Å². The maximum absolute atomic E-state index is 12.7. The molecule has 1 amide bonds. The number of nitro groups is 1. The number of carbonyl (C=O) groups is 2. The van der Waals surface area contributed by atoms with Gasteiger partial charge in [0.1, 0.15) is 16.6 Å². The van der Waals surface area contributed by atoms with Crippen LogP contribution in [0.2, 0.25) is 0 Å². The Morgan fingerprint density at radius 1 is 1.35 bits per heavy atom. The first-order valence-electron chi connectivity index (χ1n) is 9.05. The third-order valence-electron chi connectivity index (χ3n) is 4.48. The van der Waals surface area contributed by atoms with Gasteiger partial charge in [-0.3, -0.25) is 14.9 Å². The Kier molecular flexibility index (Phi) is 6.22. The molecule has 1 aromatic heterocycles. The Bertz CT molecular complexity index is 1160. The van der Waals surface area contributed by atoms with Gasteiger partial charge in [0.25, 0.3) is 11.6 Å². The molecule has 3 rings (SSSR count). The van der Waals surface area contributed by atoms with Crippen LogP contribution in [0.25, 0.3) is 6.08 Å². The molecule has 11 heteroatoms. The van der Waals surface area contributed by atoms with Crippen LogP contribution in [0.1, 0.15) is 33.3 Å². The van der Waals surface area contributed by atoms with Gasteiger partial charge >= 0.3 is 5.97 Å². The minimum absolute atomic E-state index is 0.00473. The average molecular weight is 443 g/mol. The van der Waals surface area contributed by atoms with Crippen LogP contribution in [-0.2, 0) is 9.53 Å². The van der Waals surface area contributed by atoms with E-state index in [1.165, 1.54) is 23.5 Å². The predicted molar refractivity (Wildman–Crippen MR) is 111 cm³/mol. The van der Waals surface area contributed by atoms with Crippen molar-refractivity contribution in [2.75, 3.05) is 18.7 Å². The Morgan fingerprint density at radius 2 is 2.03 bits per heavy atom. The number of esters is 1. The van der Waals surface area contributed by atoms with Crippen LogP contribution in [-0.4, -0.2) is 30.2 Å². The van der Waals surface area contributed by atoms with Gasteiger partial charge in [-0.1, -0.05) is 0 Å². The normalized spacial score (nSPS) is 12.3. The van der Waals surface area contributed by atoms with Crippen molar-refractivity contribution in [3.8, 4) is 17.6 Å². The molecule has 1 aliphatic rings. The lowest BCUT2D eigenvalue weighted by atomic mass is 10.1.